The van der Waals surface area contributed by atoms with Crippen LogP contribution in [0.5, 0.6) is 5.75 Å². The predicted octanol–water partition coefficient (Wildman–Crippen LogP) is 6.16. The fraction of sp³-hybridized carbons (Fsp3) is 0.519. The highest BCUT2D eigenvalue weighted by atomic mass is 19.4. The summed E-state index contributed by atoms with van der Waals surface area (Å²) >= 11 is 0. The third-order valence-corrected chi connectivity index (χ3v) is 7.28. The first-order valence-corrected chi connectivity index (χ1v) is 12.4. The van der Waals surface area contributed by atoms with E-state index < -0.39 is 23.5 Å². The Labute approximate surface area is 217 Å². The number of nitrogens with one attached hydrogen (secondary N) is 1. The van der Waals surface area contributed by atoms with Crippen LogP contribution in [0.1, 0.15) is 42.0 Å². The van der Waals surface area contributed by atoms with Crippen LogP contribution in [0.15, 0.2) is 36.4 Å². The number of hydrogen-bond acceptors (Lipinski definition) is 5. The van der Waals surface area contributed by atoms with E-state index in [1.165, 1.54) is 7.11 Å². The van der Waals surface area contributed by atoms with E-state index >= 15 is 0 Å². The zero-order valence-electron chi connectivity index (χ0n) is 21.1. The number of alkyl halides is 6. The highest BCUT2D eigenvalue weighted by Crippen LogP contribution is 2.38. The van der Waals surface area contributed by atoms with Gasteiger partial charge in [-0.2, -0.15) is 26.3 Å². The first kappa shape index (κ1) is 28.1. The average molecular weight is 545 g/mol. The van der Waals surface area contributed by atoms with E-state index in [2.05, 4.69) is 5.32 Å². The third kappa shape index (κ3) is 6.54. The summed E-state index contributed by atoms with van der Waals surface area (Å²) < 4.78 is 90.6. The Morgan fingerprint density at radius 3 is 2.42 bits per heavy atom. The van der Waals surface area contributed by atoms with Crippen LogP contribution >= 0.6 is 0 Å². The minimum atomic E-state index is -4.73. The van der Waals surface area contributed by atoms with Crippen LogP contribution in [0.4, 0.5) is 32.0 Å². The second-order valence-corrected chi connectivity index (χ2v) is 10.0. The number of nitrogens with zero attached hydrogens (tertiary/aromatic N) is 1. The molecule has 2 atom stereocenters. The van der Waals surface area contributed by atoms with Gasteiger partial charge in [-0.1, -0.05) is 13.0 Å². The van der Waals surface area contributed by atoms with Gasteiger partial charge in [0.2, 0.25) is 0 Å². The average Bonchev–Trinajstić information content (AvgIpc) is 2.87. The lowest BCUT2D eigenvalue weighted by atomic mass is 9.88. The molecule has 2 heterocycles. The van der Waals surface area contributed by atoms with E-state index in [-0.39, 0.29) is 36.0 Å². The van der Waals surface area contributed by atoms with Crippen LogP contribution in [0, 0.1) is 11.8 Å². The zero-order valence-corrected chi connectivity index (χ0v) is 21.1. The largest absolute Gasteiger partial charge is 0.489 e. The Bertz CT molecular complexity index is 1140. The maximum absolute atomic E-state index is 13.5. The van der Waals surface area contributed by atoms with Crippen LogP contribution in [0.25, 0.3) is 0 Å². The summed E-state index contributed by atoms with van der Waals surface area (Å²) in [5.74, 6) is 0.305. The predicted molar refractivity (Wildman–Crippen MR) is 129 cm³/mol. The number of halogens is 6. The molecule has 0 radical (unpaired) electrons. The van der Waals surface area contributed by atoms with Crippen molar-refractivity contribution in [2.45, 2.75) is 51.1 Å². The highest BCUT2D eigenvalue weighted by molar-refractivity contribution is 5.72. The van der Waals surface area contributed by atoms with Gasteiger partial charge in [0.05, 0.1) is 35.9 Å². The van der Waals surface area contributed by atoms with Crippen molar-refractivity contribution in [2.75, 3.05) is 32.1 Å². The minimum Gasteiger partial charge on any atom is -0.489 e. The van der Waals surface area contributed by atoms with E-state index in [1.807, 2.05) is 18.2 Å². The Balaban J connectivity index is 1.39. The Hall–Kier alpha value is -2.95. The monoisotopic (exact) mass is 544 g/mol. The van der Waals surface area contributed by atoms with Gasteiger partial charge in [0.15, 0.2) is 0 Å². The molecule has 1 N–H and O–H groups in total. The number of carbonyl (C=O) groups excluding carboxylic acids is 1. The lowest BCUT2D eigenvalue weighted by Gasteiger charge is -2.39. The molecular formula is C27H30F6N2O3. The zero-order chi connectivity index (χ0) is 27.7. The Morgan fingerprint density at radius 1 is 1.08 bits per heavy atom. The summed E-state index contributed by atoms with van der Waals surface area (Å²) in [6.45, 7) is 2.94. The van der Waals surface area contributed by atoms with E-state index in [4.69, 9.17) is 9.47 Å². The van der Waals surface area contributed by atoms with Gasteiger partial charge in [0.1, 0.15) is 12.4 Å². The summed E-state index contributed by atoms with van der Waals surface area (Å²) in [7, 11) is 1.35. The standard InChI is InChI=1S/C27H30F6N2O3/c1-16(25(36)37-2)11-17-3-6-24-22(12-17)34-23(15-38-24)18-7-9-35(10-8-18)14-19-13-20(26(28,29)30)4-5-21(19)27(31,32)33/h3-6,12-13,16,18,23,34H,7-11,14-15H2,1-2H3. The molecule has 0 aromatic heterocycles. The van der Waals surface area contributed by atoms with E-state index in [0.717, 1.165) is 11.3 Å². The molecule has 208 valence electrons. The Morgan fingerprint density at radius 2 is 1.79 bits per heavy atom. The van der Waals surface area contributed by atoms with Crippen LogP contribution in [0.3, 0.4) is 0 Å². The highest BCUT2D eigenvalue weighted by Gasteiger charge is 2.38. The third-order valence-electron chi connectivity index (χ3n) is 7.28. The maximum atomic E-state index is 13.5. The van der Waals surface area contributed by atoms with Gasteiger partial charge in [-0.15, -0.1) is 0 Å². The summed E-state index contributed by atoms with van der Waals surface area (Å²) in [6, 6.07) is 7.30. The van der Waals surface area contributed by atoms with Crippen LogP contribution in [-0.4, -0.2) is 43.7 Å². The molecule has 2 aliphatic heterocycles. The van der Waals surface area contributed by atoms with Gasteiger partial charge in [-0.3, -0.25) is 9.69 Å². The molecule has 1 fully saturated rings. The first-order valence-electron chi connectivity index (χ1n) is 12.4. The van der Waals surface area contributed by atoms with Gasteiger partial charge in [-0.25, -0.2) is 0 Å². The molecule has 2 aliphatic rings. The molecular weight excluding hydrogens is 514 g/mol. The minimum absolute atomic E-state index is 0.0165. The number of benzene rings is 2. The molecule has 0 aliphatic carbocycles. The SMILES string of the molecule is COC(=O)C(C)Cc1ccc2c(c1)NC(C1CCN(Cc3cc(C(F)(F)F)ccc3C(F)(F)F)CC1)CO2. The lowest BCUT2D eigenvalue weighted by Crippen LogP contribution is -2.44. The number of esters is 1. The van der Waals surface area contributed by atoms with Gasteiger partial charge in [0, 0.05) is 6.54 Å². The molecule has 0 amide bonds. The molecule has 0 bridgehead atoms. The fourth-order valence-corrected chi connectivity index (χ4v) is 5.19. The fourth-order valence-electron chi connectivity index (χ4n) is 5.19. The topological polar surface area (TPSA) is 50.8 Å². The van der Waals surface area contributed by atoms with Crippen molar-refractivity contribution in [2.24, 2.45) is 11.8 Å². The quantitative estimate of drug-likeness (QED) is 0.349. The van der Waals surface area contributed by atoms with Gasteiger partial charge < -0.3 is 14.8 Å². The van der Waals surface area contributed by atoms with Crippen molar-refractivity contribution in [1.29, 1.82) is 0 Å². The second kappa shape index (κ2) is 11.0. The normalized spacial score (nSPS) is 19.7. The molecule has 4 rings (SSSR count). The van der Waals surface area contributed by atoms with Crippen molar-refractivity contribution >= 4 is 11.7 Å². The summed E-state index contributed by atoms with van der Waals surface area (Å²) in [5, 5.41) is 3.51. The van der Waals surface area contributed by atoms with Crippen LogP contribution < -0.4 is 10.1 Å². The number of rotatable bonds is 6. The number of anilines is 1. The number of carbonyl (C=O) groups is 1. The number of methoxy groups -OCH3 is 1. The van der Waals surface area contributed by atoms with Crippen LogP contribution in [-0.2, 0) is 34.8 Å². The molecule has 2 aromatic rings. The molecule has 5 nitrogen and oxygen atoms in total. The molecule has 0 saturated carbocycles. The number of ether oxygens (including phenoxy) is 2. The molecule has 11 heteroatoms. The van der Waals surface area contributed by atoms with Crippen molar-refractivity contribution in [3.63, 3.8) is 0 Å². The van der Waals surface area contributed by atoms with Gasteiger partial charge >= 0.3 is 18.3 Å². The number of fused-ring (bicyclic) bond motifs is 1. The summed E-state index contributed by atoms with van der Waals surface area (Å²) in [6.07, 6.45) is -7.61. The van der Waals surface area contributed by atoms with Crippen molar-refractivity contribution in [3.05, 3.63) is 58.7 Å². The number of hydrogen-bond donors (Lipinski definition) is 1. The smallest absolute Gasteiger partial charge is 0.416 e. The summed E-state index contributed by atoms with van der Waals surface area (Å²) in [5.41, 5.74) is -0.721. The second-order valence-electron chi connectivity index (χ2n) is 10.0. The van der Waals surface area contributed by atoms with Crippen molar-refractivity contribution in [3.8, 4) is 5.75 Å². The van der Waals surface area contributed by atoms with Crippen molar-refractivity contribution < 1.29 is 40.6 Å². The van der Waals surface area contributed by atoms with E-state index in [0.29, 0.717) is 62.9 Å². The maximum Gasteiger partial charge on any atom is 0.416 e. The van der Waals surface area contributed by atoms with E-state index in [1.54, 1.807) is 11.8 Å². The lowest BCUT2D eigenvalue weighted by molar-refractivity contribution is -0.144. The molecule has 38 heavy (non-hydrogen) atoms. The molecule has 0 spiro atoms. The first-order chi connectivity index (χ1) is 17.8. The number of likely N-dealkylation sites (tertiary alicyclic amines) is 1. The molecule has 2 aromatic carbocycles. The van der Waals surface area contributed by atoms with Gasteiger partial charge in [-0.05, 0) is 79.7 Å². The number of piperidine rings is 1. The van der Waals surface area contributed by atoms with E-state index in [9.17, 15) is 31.1 Å². The molecule has 1 saturated heterocycles. The van der Waals surface area contributed by atoms with Crippen LogP contribution in [0.2, 0.25) is 0 Å². The summed E-state index contributed by atoms with van der Waals surface area (Å²) in [4.78, 5) is 13.5. The van der Waals surface area contributed by atoms with Gasteiger partial charge in [0.25, 0.3) is 0 Å². The molecule has 2 unspecified atom stereocenters. The Kier molecular flexibility index (Phi) is 8.15. The van der Waals surface area contributed by atoms with Crippen molar-refractivity contribution in [1.82, 2.24) is 4.90 Å².